The van der Waals surface area contributed by atoms with Gasteiger partial charge in [-0.15, -0.1) is 0 Å². The maximum atomic E-state index is 12.9. The van der Waals surface area contributed by atoms with Crippen LogP contribution in [0.15, 0.2) is 29.1 Å². The molecule has 0 radical (unpaired) electrons. The van der Waals surface area contributed by atoms with Crippen LogP contribution in [-0.2, 0) is 26.0 Å². The second-order valence-electron chi connectivity index (χ2n) is 8.69. The number of morpholine rings is 1. The minimum atomic E-state index is -3.47. The first-order chi connectivity index (χ1) is 15.2. The maximum absolute atomic E-state index is 12.9. The molecule has 10 heteroatoms. The van der Waals surface area contributed by atoms with Gasteiger partial charge in [-0.1, -0.05) is 12.1 Å². The Morgan fingerprint density at radius 3 is 2.56 bits per heavy atom. The lowest BCUT2D eigenvalue weighted by Gasteiger charge is -2.34. The smallest absolute Gasteiger partial charge is 0.261 e. The van der Waals surface area contributed by atoms with Crippen molar-refractivity contribution in [3.05, 3.63) is 40.4 Å². The summed E-state index contributed by atoms with van der Waals surface area (Å²) in [5.41, 5.74) is 0.568. The van der Waals surface area contributed by atoms with Gasteiger partial charge in [0.05, 0.1) is 28.9 Å². The van der Waals surface area contributed by atoms with Crippen LogP contribution < -0.4 is 10.9 Å². The maximum Gasteiger partial charge on any atom is 0.261 e. The van der Waals surface area contributed by atoms with Crippen molar-refractivity contribution < 1.29 is 17.9 Å². The highest BCUT2D eigenvalue weighted by Crippen LogP contribution is 2.34. The van der Waals surface area contributed by atoms with Gasteiger partial charge in [0.1, 0.15) is 5.82 Å². The van der Waals surface area contributed by atoms with E-state index in [9.17, 15) is 18.0 Å². The SMILES string of the molecule is CC1CN(S(=O)(=O)CCNC(=O)CCc2nc3ccccc3c(=O)n2C2CC2)CC(C)O1. The first-order valence-corrected chi connectivity index (χ1v) is 12.8. The quantitative estimate of drug-likeness (QED) is 0.632. The molecule has 2 heterocycles. The predicted octanol–water partition coefficient (Wildman–Crippen LogP) is 1.22. The first kappa shape index (κ1) is 22.9. The van der Waals surface area contributed by atoms with Crippen LogP contribution in [-0.4, -0.2) is 65.8 Å². The van der Waals surface area contributed by atoms with E-state index in [-0.39, 0.29) is 48.4 Å². The zero-order valence-electron chi connectivity index (χ0n) is 18.5. The third-order valence-electron chi connectivity index (χ3n) is 5.83. The van der Waals surface area contributed by atoms with Crippen molar-refractivity contribution in [2.45, 2.75) is 57.8 Å². The molecule has 1 aliphatic heterocycles. The van der Waals surface area contributed by atoms with Crippen molar-refractivity contribution in [1.82, 2.24) is 19.2 Å². The lowest BCUT2D eigenvalue weighted by Crippen LogP contribution is -2.49. The number of fused-ring (bicyclic) bond motifs is 1. The number of amides is 1. The molecule has 0 bridgehead atoms. The Hall–Kier alpha value is -2.30. The number of rotatable bonds is 8. The number of aryl methyl sites for hydroxylation is 1. The van der Waals surface area contributed by atoms with Gasteiger partial charge in [-0.2, -0.15) is 4.31 Å². The normalized spacial score (nSPS) is 22.2. The van der Waals surface area contributed by atoms with Crippen molar-refractivity contribution >= 4 is 26.8 Å². The molecule has 174 valence electrons. The molecular formula is C22H30N4O5S. The van der Waals surface area contributed by atoms with Gasteiger partial charge in [0.2, 0.25) is 15.9 Å². The number of sulfonamides is 1. The van der Waals surface area contributed by atoms with Gasteiger partial charge in [-0.25, -0.2) is 13.4 Å². The molecule has 1 aliphatic carbocycles. The van der Waals surface area contributed by atoms with Gasteiger partial charge in [0.15, 0.2) is 0 Å². The molecule has 1 saturated heterocycles. The number of benzene rings is 1. The number of nitrogens with one attached hydrogen (secondary N) is 1. The molecule has 1 aromatic carbocycles. The van der Waals surface area contributed by atoms with Gasteiger partial charge < -0.3 is 10.1 Å². The largest absolute Gasteiger partial charge is 0.373 e. The Balaban J connectivity index is 1.34. The molecule has 9 nitrogen and oxygen atoms in total. The Morgan fingerprint density at radius 2 is 1.88 bits per heavy atom. The van der Waals surface area contributed by atoms with Crippen LogP contribution in [0.2, 0.25) is 0 Å². The van der Waals surface area contributed by atoms with Crippen LogP contribution in [0.4, 0.5) is 0 Å². The number of ether oxygens (including phenoxy) is 1. The summed E-state index contributed by atoms with van der Waals surface area (Å²) in [5, 5.41) is 3.28. The van der Waals surface area contributed by atoms with E-state index in [2.05, 4.69) is 10.3 Å². The third-order valence-corrected chi connectivity index (χ3v) is 7.64. The number of nitrogens with zero attached hydrogens (tertiary/aromatic N) is 3. The Kier molecular flexibility index (Phi) is 6.64. The molecule has 2 fully saturated rings. The van der Waals surface area contributed by atoms with E-state index in [0.29, 0.717) is 36.2 Å². The molecular weight excluding hydrogens is 432 g/mol. The molecule has 1 amide bonds. The molecule has 2 aliphatic rings. The Bertz CT molecular complexity index is 1150. The number of aromatic nitrogens is 2. The summed E-state index contributed by atoms with van der Waals surface area (Å²) in [5.74, 6) is 0.197. The van der Waals surface area contributed by atoms with Gasteiger partial charge >= 0.3 is 0 Å². The Labute approximate surface area is 187 Å². The van der Waals surface area contributed by atoms with Gasteiger partial charge in [-0.3, -0.25) is 14.2 Å². The minimum absolute atomic E-state index is 0.0435. The Morgan fingerprint density at radius 1 is 1.19 bits per heavy atom. The van der Waals surface area contributed by atoms with Crippen molar-refractivity contribution in [2.24, 2.45) is 0 Å². The standard InChI is InChI=1S/C22H30N4O5S/c1-15-13-25(14-16(2)31-15)32(29,30)12-11-23-21(27)10-9-20-24-19-6-4-3-5-18(19)22(28)26(20)17-7-8-17/h3-6,15-17H,7-14H2,1-2H3,(H,23,27). The topological polar surface area (TPSA) is 111 Å². The third kappa shape index (κ3) is 5.19. The summed E-state index contributed by atoms with van der Waals surface area (Å²) in [7, 11) is -3.47. The lowest BCUT2D eigenvalue weighted by atomic mass is 10.2. The van der Waals surface area contributed by atoms with E-state index in [1.807, 2.05) is 26.0 Å². The molecule has 1 N–H and O–H groups in total. The fourth-order valence-electron chi connectivity index (χ4n) is 4.20. The predicted molar refractivity (Wildman–Crippen MR) is 121 cm³/mol. The van der Waals surface area contributed by atoms with Crippen LogP contribution in [0.25, 0.3) is 10.9 Å². The van der Waals surface area contributed by atoms with Crippen molar-refractivity contribution in [1.29, 1.82) is 0 Å². The first-order valence-electron chi connectivity index (χ1n) is 11.1. The molecule has 4 rings (SSSR count). The zero-order chi connectivity index (χ0) is 22.9. The summed E-state index contributed by atoms with van der Waals surface area (Å²) in [6.45, 7) is 4.39. The zero-order valence-corrected chi connectivity index (χ0v) is 19.3. The van der Waals surface area contributed by atoms with Crippen LogP contribution in [0.3, 0.4) is 0 Å². The summed E-state index contributed by atoms with van der Waals surface area (Å²) in [4.78, 5) is 29.9. The number of para-hydroxylation sites is 1. The van der Waals surface area contributed by atoms with Crippen molar-refractivity contribution in [3.63, 3.8) is 0 Å². The number of carbonyl (C=O) groups is 1. The molecule has 2 unspecified atom stereocenters. The number of hydrogen-bond donors (Lipinski definition) is 1. The van der Waals surface area contributed by atoms with Crippen LogP contribution in [0.5, 0.6) is 0 Å². The second-order valence-corrected chi connectivity index (χ2v) is 10.8. The van der Waals surface area contributed by atoms with E-state index in [1.165, 1.54) is 4.31 Å². The van der Waals surface area contributed by atoms with E-state index in [1.54, 1.807) is 16.7 Å². The van der Waals surface area contributed by atoms with E-state index < -0.39 is 10.0 Å². The van der Waals surface area contributed by atoms with E-state index >= 15 is 0 Å². The summed E-state index contributed by atoms with van der Waals surface area (Å²) < 4.78 is 33.9. The average molecular weight is 463 g/mol. The number of hydrogen-bond acceptors (Lipinski definition) is 6. The molecule has 1 aromatic heterocycles. The van der Waals surface area contributed by atoms with Gasteiger partial charge in [0.25, 0.3) is 5.56 Å². The monoisotopic (exact) mass is 462 g/mol. The van der Waals surface area contributed by atoms with E-state index in [0.717, 1.165) is 12.8 Å². The highest BCUT2D eigenvalue weighted by atomic mass is 32.2. The highest BCUT2D eigenvalue weighted by molar-refractivity contribution is 7.89. The fourth-order valence-corrected chi connectivity index (χ4v) is 5.69. The average Bonchev–Trinajstić information content (AvgIpc) is 3.56. The number of carbonyl (C=O) groups excluding carboxylic acids is 1. The summed E-state index contributed by atoms with van der Waals surface area (Å²) >= 11 is 0. The summed E-state index contributed by atoms with van der Waals surface area (Å²) in [6, 6.07) is 7.39. The van der Waals surface area contributed by atoms with Gasteiger partial charge in [0, 0.05) is 38.5 Å². The van der Waals surface area contributed by atoms with Crippen molar-refractivity contribution in [3.8, 4) is 0 Å². The molecule has 2 atom stereocenters. The highest BCUT2D eigenvalue weighted by Gasteiger charge is 2.31. The molecule has 32 heavy (non-hydrogen) atoms. The van der Waals surface area contributed by atoms with Crippen LogP contribution in [0, 0.1) is 0 Å². The fraction of sp³-hybridized carbons (Fsp3) is 0.591. The van der Waals surface area contributed by atoms with Crippen LogP contribution in [0.1, 0.15) is 45.0 Å². The molecule has 1 saturated carbocycles. The van der Waals surface area contributed by atoms with Crippen LogP contribution >= 0.6 is 0 Å². The molecule has 0 spiro atoms. The lowest BCUT2D eigenvalue weighted by molar-refractivity contribution is -0.120. The van der Waals surface area contributed by atoms with Gasteiger partial charge in [-0.05, 0) is 38.8 Å². The minimum Gasteiger partial charge on any atom is -0.373 e. The second kappa shape index (κ2) is 9.29. The van der Waals surface area contributed by atoms with E-state index in [4.69, 9.17) is 4.74 Å². The van der Waals surface area contributed by atoms with Crippen molar-refractivity contribution in [2.75, 3.05) is 25.4 Å². The summed E-state index contributed by atoms with van der Waals surface area (Å²) in [6.07, 6.45) is 2.05. The molecule has 2 aromatic rings.